The van der Waals surface area contributed by atoms with Crippen molar-refractivity contribution < 1.29 is 14.7 Å². The van der Waals surface area contributed by atoms with Gasteiger partial charge in [-0.1, -0.05) is 38.1 Å². The standard InChI is InChI=1S/C14H19NO3/c1-9(2)11-5-4-6-12(7-11)10(3)14(18)15-8-13(16)17/h4-7,9-10H,8H2,1-3H3,(H,15,18)(H,16,17)/t10-/m1/s1. The van der Waals surface area contributed by atoms with E-state index in [9.17, 15) is 9.59 Å². The van der Waals surface area contributed by atoms with Crippen LogP contribution in [0, 0.1) is 0 Å². The smallest absolute Gasteiger partial charge is 0.322 e. The number of carboxylic acid groups (broad SMARTS) is 1. The first-order valence-corrected chi connectivity index (χ1v) is 6.01. The van der Waals surface area contributed by atoms with Crippen LogP contribution in [-0.2, 0) is 9.59 Å². The van der Waals surface area contributed by atoms with Gasteiger partial charge in [-0.25, -0.2) is 0 Å². The van der Waals surface area contributed by atoms with E-state index in [-0.39, 0.29) is 18.4 Å². The Morgan fingerprint density at radius 1 is 1.22 bits per heavy atom. The lowest BCUT2D eigenvalue weighted by atomic mass is 9.94. The molecule has 0 aliphatic heterocycles. The molecular formula is C14H19NO3. The Labute approximate surface area is 107 Å². The summed E-state index contributed by atoms with van der Waals surface area (Å²) in [6, 6.07) is 7.83. The summed E-state index contributed by atoms with van der Waals surface area (Å²) in [4.78, 5) is 22.1. The zero-order valence-electron chi connectivity index (χ0n) is 10.9. The number of carboxylic acids is 1. The summed E-state index contributed by atoms with van der Waals surface area (Å²) in [5.74, 6) is -1.24. The average molecular weight is 249 g/mol. The number of nitrogens with one attached hydrogen (secondary N) is 1. The maximum Gasteiger partial charge on any atom is 0.322 e. The minimum Gasteiger partial charge on any atom is -0.480 e. The highest BCUT2D eigenvalue weighted by molar-refractivity contribution is 5.86. The molecule has 1 rings (SSSR count). The van der Waals surface area contributed by atoms with Crippen molar-refractivity contribution in [2.75, 3.05) is 6.54 Å². The van der Waals surface area contributed by atoms with E-state index in [0.717, 1.165) is 5.56 Å². The number of hydrogen-bond donors (Lipinski definition) is 2. The first-order valence-electron chi connectivity index (χ1n) is 6.01. The lowest BCUT2D eigenvalue weighted by Gasteiger charge is -2.14. The summed E-state index contributed by atoms with van der Waals surface area (Å²) >= 11 is 0. The summed E-state index contributed by atoms with van der Waals surface area (Å²) in [5, 5.41) is 10.9. The predicted molar refractivity (Wildman–Crippen MR) is 69.6 cm³/mol. The Hall–Kier alpha value is -1.84. The van der Waals surface area contributed by atoms with Crippen molar-refractivity contribution in [1.82, 2.24) is 5.32 Å². The van der Waals surface area contributed by atoms with Crippen LogP contribution in [0.4, 0.5) is 0 Å². The molecule has 0 bridgehead atoms. The Morgan fingerprint density at radius 2 is 1.83 bits per heavy atom. The summed E-state index contributed by atoms with van der Waals surface area (Å²) in [6.45, 7) is 5.62. The number of carbonyl (C=O) groups is 2. The predicted octanol–water partition coefficient (Wildman–Crippen LogP) is 2.11. The molecule has 2 N–H and O–H groups in total. The second kappa shape index (κ2) is 6.19. The molecule has 0 aromatic heterocycles. The van der Waals surface area contributed by atoms with E-state index < -0.39 is 5.97 Å². The van der Waals surface area contributed by atoms with Gasteiger partial charge in [-0.3, -0.25) is 9.59 Å². The van der Waals surface area contributed by atoms with E-state index in [1.54, 1.807) is 6.92 Å². The third-order valence-electron chi connectivity index (χ3n) is 2.88. The molecule has 0 fully saturated rings. The molecule has 1 atom stereocenters. The van der Waals surface area contributed by atoms with Gasteiger partial charge in [0.15, 0.2) is 0 Å². The molecule has 4 nitrogen and oxygen atoms in total. The molecule has 1 aromatic rings. The van der Waals surface area contributed by atoms with Gasteiger partial charge in [-0.2, -0.15) is 0 Å². The maximum absolute atomic E-state index is 11.8. The van der Waals surface area contributed by atoms with Crippen LogP contribution in [0.25, 0.3) is 0 Å². The third kappa shape index (κ3) is 3.87. The van der Waals surface area contributed by atoms with Gasteiger partial charge in [-0.15, -0.1) is 0 Å². The topological polar surface area (TPSA) is 66.4 Å². The molecular weight excluding hydrogens is 230 g/mol. The minimum absolute atomic E-state index is 0.265. The summed E-state index contributed by atoms with van der Waals surface area (Å²) in [6.07, 6.45) is 0. The van der Waals surface area contributed by atoms with E-state index in [4.69, 9.17) is 5.11 Å². The molecule has 0 radical (unpaired) electrons. The van der Waals surface area contributed by atoms with Gasteiger partial charge in [-0.05, 0) is 24.0 Å². The minimum atomic E-state index is -1.04. The quantitative estimate of drug-likeness (QED) is 0.840. The molecule has 1 amide bonds. The van der Waals surface area contributed by atoms with Crippen molar-refractivity contribution in [2.24, 2.45) is 0 Å². The fourth-order valence-electron chi connectivity index (χ4n) is 1.65. The van der Waals surface area contributed by atoms with Crippen molar-refractivity contribution in [3.63, 3.8) is 0 Å². The molecule has 1 aromatic carbocycles. The van der Waals surface area contributed by atoms with Crippen molar-refractivity contribution in [1.29, 1.82) is 0 Å². The molecule has 0 saturated heterocycles. The maximum atomic E-state index is 11.8. The molecule has 4 heteroatoms. The van der Waals surface area contributed by atoms with E-state index in [2.05, 4.69) is 19.2 Å². The molecule has 0 aliphatic carbocycles. The summed E-state index contributed by atoms with van der Waals surface area (Å²) < 4.78 is 0. The lowest BCUT2D eigenvalue weighted by Crippen LogP contribution is -2.32. The van der Waals surface area contributed by atoms with Gasteiger partial charge in [0.2, 0.25) is 5.91 Å². The Morgan fingerprint density at radius 3 is 2.39 bits per heavy atom. The van der Waals surface area contributed by atoms with E-state index in [1.165, 1.54) is 5.56 Å². The van der Waals surface area contributed by atoms with Crippen LogP contribution in [0.1, 0.15) is 43.7 Å². The average Bonchev–Trinajstić information content (AvgIpc) is 2.35. The lowest BCUT2D eigenvalue weighted by molar-refractivity contribution is -0.138. The number of benzene rings is 1. The molecule has 0 heterocycles. The molecule has 0 spiro atoms. The number of amides is 1. The molecule has 98 valence electrons. The third-order valence-corrected chi connectivity index (χ3v) is 2.88. The highest BCUT2D eigenvalue weighted by atomic mass is 16.4. The largest absolute Gasteiger partial charge is 0.480 e. The van der Waals surface area contributed by atoms with Crippen molar-refractivity contribution in [3.8, 4) is 0 Å². The van der Waals surface area contributed by atoms with Crippen molar-refractivity contribution >= 4 is 11.9 Å². The SMILES string of the molecule is CC(C)c1cccc([C@@H](C)C(=O)NCC(=O)O)c1. The van der Waals surface area contributed by atoms with Crippen LogP contribution in [0.2, 0.25) is 0 Å². The highest BCUT2D eigenvalue weighted by Gasteiger charge is 2.16. The van der Waals surface area contributed by atoms with Crippen LogP contribution in [0.15, 0.2) is 24.3 Å². The van der Waals surface area contributed by atoms with Crippen molar-refractivity contribution in [2.45, 2.75) is 32.6 Å². The second-order valence-corrected chi connectivity index (χ2v) is 4.66. The highest BCUT2D eigenvalue weighted by Crippen LogP contribution is 2.21. The first-order chi connectivity index (χ1) is 8.41. The van der Waals surface area contributed by atoms with Crippen LogP contribution in [-0.4, -0.2) is 23.5 Å². The Kier molecular flexibility index (Phi) is 4.89. The normalized spacial score (nSPS) is 12.2. The molecule has 18 heavy (non-hydrogen) atoms. The molecule has 0 saturated carbocycles. The number of carbonyl (C=O) groups excluding carboxylic acids is 1. The molecule has 0 aliphatic rings. The zero-order valence-corrected chi connectivity index (χ0v) is 10.9. The van der Waals surface area contributed by atoms with E-state index >= 15 is 0 Å². The Balaban J connectivity index is 2.76. The fourth-order valence-corrected chi connectivity index (χ4v) is 1.65. The number of hydrogen-bond acceptors (Lipinski definition) is 2. The summed E-state index contributed by atoms with van der Waals surface area (Å²) in [7, 11) is 0. The van der Waals surface area contributed by atoms with Crippen LogP contribution in [0.3, 0.4) is 0 Å². The zero-order chi connectivity index (χ0) is 13.7. The Bertz CT molecular complexity index is 440. The van der Waals surface area contributed by atoms with Gasteiger partial charge in [0, 0.05) is 0 Å². The number of aliphatic carboxylic acids is 1. The van der Waals surface area contributed by atoms with Crippen molar-refractivity contribution in [3.05, 3.63) is 35.4 Å². The fraction of sp³-hybridized carbons (Fsp3) is 0.429. The van der Waals surface area contributed by atoms with Crippen LogP contribution >= 0.6 is 0 Å². The van der Waals surface area contributed by atoms with Crippen LogP contribution in [0.5, 0.6) is 0 Å². The monoisotopic (exact) mass is 249 g/mol. The van der Waals surface area contributed by atoms with Crippen LogP contribution < -0.4 is 5.32 Å². The van der Waals surface area contributed by atoms with Gasteiger partial charge in [0.1, 0.15) is 6.54 Å². The second-order valence-electron chi connectivity index (χ2n) is 4.66. The van der Waals surface area contributed by atoms with Gasteiger partial charge in [0.05, 0.1) is 5.92 Å². The van der Waals surface area contributed by atoms with E-state index in [0.29, 0.717) is 5.92 Å². The van der Waals surface area contributed by atoms with Gasteiger partial charge in [0.25, 0.3) is 0 Å². The molecule has 0 unspecified atom stereocenters. The first kappa shape index (κ1) is 14.2. The van der Waals surface area contributed by atoms with E-state index in [1.807, 2.05) is 24.3 Å². The number of rotatable bonds is 5. The van der Waals surface area contributed by atoms with Gasteiger partial charge >= 0.3 is 5.97 Å². The summed E-state index contributed by atoms with van der Waals surface area (Å²) in [5.41, 5.74) is 2.08. The van der Waals surface area contributed by atoms with Gasteiger partial charge < -0.3 is 10.4 Å².